The van der Waals surface area contributed by atoms with Gasteiger partial charge in [-0.2, -0.15) is 9.29 Å². The van der Waals surface area contributed by atoms with Crippen LogP contribution in [0.4, 0.5) is 6.01 Å². The minimum atomic E-state index is -3.57. The molecule has 0 saturated carbocycles. The lowest BCUT2D eigenvalue weighted by Crippen LogP contribution is -2.48. The van der Waals surface area contributed by atoms with Gasteiger partial charge in [0.05, 0.1) is 0 Å². The maximum absolute atomic E-state index is 12.7. The Labute approximate surface area is 145 Å². The van der Waals surface area contributed by atoms with Gasteiger partial charge in [-0.3, -0.25) is 0 Å². The number of aromatic nitrogens is 3. The molecule has 0 aliphatic carbocycles. The fourth-order valence-electron chi connectivity index (χ4n) is 2.90. The van der Waals surface area contributed by atoms with E-state index in [9.17, 15) is 8.42 Å². The van der Waals surface area contributed by atoms with Crippen LogP contribution in [0.15, 0.2) is 39.9 Å². The third-order valence-electron chi connectivity index (χ3n) is 4.48. The van der Waals surface area contributed by atoms with Crippen LogP contribution in [0.2, 0.25) is 0 Å². The molecule has 0 bridgehead atoms. The molecule has 2 aromatic heterocycles. The Morgan fingerprint density at radius 2 is 1.80 bits per heavy atom. The molecule has 1 aromatic carbocycles. The molecule has 1 aliphatic rings. The van der Waals surface area contributed by atoms with E-state index >= 15 is 0 Å². The molecule has 25 heavy (non-hydrogen) atoms. The highest BCUT2D eigenvalue weighted by Gasteiger charge is 2.31. The van der Waals surface area contributed by atoms with Gasteiger partial charge in [-0.15, -0.1) is 0 Å². The fourth-order valence-corrected chi connectivity index (χ4v) is 4.35. The van der Waals surface area contributed by atoms with Crippen molar-refractivity contribution >= 4 is 27.1 Å². The predicted octanol–water partition coefficient (Wildman–Crippen LogP) is 1.38. The summed E-state index contributed by atoms with van der Waals surface area (Å²) in [6, 6.07) is 8.11. The predicted molar refractivity (Wildman–Crippen MR) is 92.9 cm³/mol. The third kappa shape index (κ3) is 2.79. The Kier molecular flexibility index (Phi) is 3.77. The average molecular weight is 361 g/mol. The van der Waals surface area contributed by atoms with Crippen molar-refractivity contribution in [1.82, 2.24) is 18.8 Å². The van der Waals surface area contributed by atoms with Gasteiger partial charge in [-0.1, -0.05) is 12.1 Å². The van der Waals surface area contributed by atoms with E-state index in [1.54, 1.807) is 24.7 Å². The molecule has 4 rings (SSSR count). The topological polar surface area (TPSA) is 84.5 Å². The number of anilines is 1. The molecule has 0 amide bonds. The molecule has 3 aromatic rings. The number of hydrogen-bond acceptors (Lipinski definition) is 6. The smallest absolute Gasteiger partial charge is 0.298 e. The number of nitrogens with zero attached hydrogens (tertiary/aromatic N) is 5. The molecular weight excluding hydrogens is 342 g/mol. The number of rotatable bonds is 3. The van der Waals surface area contributed by atoms with Gasteiger partial charge in [0.25, 0.3) is 16.0 Å². The first-order chi connectivity index (χ1) is 11.9. The minimum absolute atomic E-state index is 0.0998. The van der Waals surface area contributed by atoms with E-state index in [4.69, 9.17) is 4.42 Å². The van der Waals surface area contributed by atoms with Gasteiger partial charge in [0.15, 0.2) is 10.6 Å². The van der Waals surface area contributed by atoms with Gasteiger partial charge in [-0.05, 0) is 19.1 Å². The summed E-state index contributed by atoms with van der Waals surface area (Å²) in [4.78, 5) is 10.6. The van der Waals surface area contributed by atoms with Gasteiger partial charge in [0.2, 0.25) is 0 Å². The SMILES string of the molecule is Cc1nc(S(=O)(=O)N2CCN(c3nc4ccccc4o3)CC2)cn1C. The Hall–Kier alpha value is -2.39. The van der Waals surface area contributed by atoms with Gasteiger partial charge >= 0.3 is 0 Å². The van der Waals surface area contributed by atoms with E-state index in [-0.39, 0.29) is 5.03 Å². The molecule has 0 N–H and O–H groups in total. The van der Waals surface area contributed by atoms with Crippen molar-refractivity contribution in [2.24, 2.45) is 7.05 Å². The number of benzene rings is 1. The molecule has 0 spiro atoms. The van der Waals surface area contributed by atoms with E-state index in [1.165, 1.54) is 4.31 Å². The molecule has 1 saturated heterocycles. The van der Waals surface area contributed by atoms with E-state index in [2.05, 4.69) is 9.97 Å². The zero-order valence-corrected chi connectivity index (χ0v) is 14.9. The standard InChI is InChI=1S/C16H19N5O3S/c1-12-17-15(11-19(12)2)25(22,23)21-9-7-20(8-10-21)16-18-13-5-3-4-6-14(13)24-16/h3-6,11H,7-10H2,1-2H3. The van der Waals surface area contributed by atoms with Crippen LogP contribution < -0.4 is 4.90 Å². The second kappa shape index (κ2) is 5.85. The number of para-hydroxylation sites is 2. The third-order valence-corrected chi connectivity index (χ3v) is 6.25. The van der Waals surface area contributed by atoms with Crippen molar-refractivity contribution in [3.05, 3.63) is 36.3 Å². The minimum Gasteiger partial charge on any atom is -0.423 e. The Morgan fingerprint density at radius 1 is 1.08 bits per heavy atom. The number of sulfonamides is 1. The lowest BCUT2D eigenvalue weighted by Gasteiger charge is -2.32. The Bertz CT molecular complexity index is 963. The molecule has 1 fully saturated rings. The van der Waals surface area contributed by atoms with E-state index in [0.29, 0.717) is 38.0 Å². The maximum Gasteiger partial charge on any atom is 0.298 e. The van der Waals surface area contributed by atoms with Crippen molar-refractivity contribution < 1.29 is 12.8 Å². The van der Waals surface area contributed by atoms with Crippen molar-refractivity contribution in [3.63, 3.8) is 0 Å². The summed E-state index contributed by atoms with van der Waals surface area (Å²) in [7, 11) is -1.79. The van der Waals surface area contributed by atoms with Gasteiger partial charge in [-0.25, -0.2) is 13.4 Å². The summed E-state index contributed by atoms with van der Waals surface area (Å²) in [6.45, 7) is 3.58. The quantitative estimate of drug-likeness (QED) is 0.701. The van der Waals surface area contributed by atoms with Crippen molar-refractivity contribution in [3.8, 4) is 0 Å². The lowest BCUT2D eigenvalue weighted by molar-refractivity contribution is 0.372. The van der Waals surface area contributed by atoms with E-state index < -0.39 is 10.0 Å². The van der Waals surface area contributed by atoms with Crippen LogP contribution in [0.5, 0.6) is 0 Å². The molecule has 8 nitrogen and oxygen atoms in total. The summed E-state index contributed by atoms with van der Waals surface area (Å²) in [5, 5.41) is 0.0998. The Balaban J connectivity index is 1.51. The van der Waals surface area contributed by atoms with Crippen LogP contribution in [-0.2, 0) is 17.1 Å². The normalized spacial score (nSPS) is 16.6. The summed E-state index contributed by atoms with van der Waals surface area (Å²) in [5.74, 6) is 0.670. The summed E-state index contributed by atoms with van der Waals surface area (Å²) >= 11 is 0. The summed E-state index contributed by atoms with van der Waals surface area (Å²) in [5.41, 5.74) is 1.54. The lowest BCUT2D eigenvalue weighted by atomic mass is 10.3. The number of aryl methyl sites for hydroxylation is 2. The molecule has 0 unspecified atom stereocenters. The molecule has 3 heterocycles. The van der Waals surface area contributed by atoms with E-state index in [1.807, 2.05) is 29.2 Å². The zero-order valence-electron chi connectivity index (χ0n) is 14.1. The second-order valence-electron chi connectivity index (χ2n) is 6.09. The Morgan fingerprint density at radius 3 is 2.44 bits per heavy atom. The first kappa shape index (κ1) is 16.1. The zero-order chi connectivity index (χ0) is 17.6. The summed E-state index contributed by atoms with van der Waals surface area (Å²) < 4.78 is 34.4. The molecule has 9 heteroatoms. The van der Waals surface area contributed by atoms with Crippen LogP contribution in [0.25, 0.3) is 11.1 Å². The number of oxazole rings is 1. The van der Waals surface area contributed by atoms with Crippen LogP contribution in [0.3, 0.4) is 0 Å². The van der Waals surface area contributed by atoms with Crippen LogP contribution in [0.1, 0.15) is 5.82 Å². The van der Waals surface area contributed by atoms with Crippen molar-refractivity contribution in [2.75, 3.05) is 31.1 Å². The number of hydrogen-bond donors (Lipinski definition) is 0. The molecule has 0 radical (unpaired) electrons. The summed E-state index contributed by atoms with van der Waals surface area (Å²) in [6.07, 6.45) is 1.55. The first-order valence-electron chi connectivity index (χ1n) is 8.06. The monoisotopic (exact) mass is 361 g/mol. The van der Waals surface area contributed by atoms with Gasteiger partial charge in [0.1, 0.15) is 11.3 Å². The highest BCUT2D eigenvalue weighted by atomic mass is 32.2. The second-order valence-corrected chi connectivity index (χ2v) is 7.98. The van der Waals surface area contributed by atoms with Gasteiger partial charge < -0.3 is 13.9 Å². The van der Waals surface area contributed by atoms with E-state index in [0.717, 1.165) is 11.1 Å². The first-order valence-corrected chi connectivity index (χ1v) is 9.50. The molecular formula is C16H19N5O3S. The largest absolute Gasteiger partial charge is 0.423 e. The van der Waals surface area contributed by atoms with Gasteiger partial charge in [0, 0.05) is 39.4 Å². The number of piperazine rings is 1. The number of fused-ring (bicyclic) bond motifs is 1. The maximum atomic E-state index is 12.7. The fraction of sp³-hybridized carbons (Fsp3) is 0.375. The molecule has 0 atom stereocenters. The number of imidazole rings is 1. The van der Waals surface area contributed by atoms with Crippen LogP contribution >= 0.6 is 0 Å². The molecule has 132 valence electrons. The highest BCUT2D eigenvalue weighted by molar-refractivity contribution is 7.89. The average Bonchev–Trinajstić information content (AvgIpc) is 3.19. The molecule has 1 aliphatic heterocycles. The van der Waals surface area contributed by atoms with Crippen molar-refractivity contribution in [2.45, 2.75) is 11.9 Å². The van der Waals surface area contributed by atoms with Crippen molar-refractivity contribution in [1.29, 1.82) is 0 Å². The van der Waals surface area contributed by atoms with Crippen LogP contribution in [0, 0.1) is 6.92 Å². The highest BCUT2D eigenvalue weighted by Crippen LogP contribution is 2.24. The van der Waals surface area contributed by atoms with Crippen LogP contribution in [-0.4, -0.2) is 53.4 Å².